The predicted molar refractivity (Wildman–Crippen MR) is 85.3 cm³/mol. The molecule has 0 aliphatic carbocycles. The number of epoxide rings is 2. The van der Waals surface area contributed by atoms with Crippen LogP contribution in [0.1, 0.15) is 46.0 Å². The zero-order chi connectivity index (χ0) is 15.0. The lowest BCUT2D eigenvalue weighted by molar-refractivity contribution is 0.0364. The van der Waals surface area contributed by atoms with Gasteiger partial charge < -0.3 is 28.4 Å². The van der Waals surface area contributed by atoms with E-state index in [1.54, 1.807) is 0 Å². The van der Waals surface area contributed by atoms with Crippen molar-refractivity contribution in [3.63, 3.8) is 0 Å². The van der Waals surface area contributed by atoms with Crippen LogP contribution in [0.25, 0.3) is 0 Å². The van der Waals surface area contributed by atoms with Crippen LogP contribution in [-0.2, 0) is 28.4 Å². The molecule has 0 bridgehead atoms. The first-order chi connectivity index (χ1) is 10.9. The van der Waals surface area contributed by atoms with Crippen LogP contribution in [0.15, 0.2) is 0 Å². The average molecular weight is 332 g/mol. The first-order valence-corrected chi connectivity index (χ1v) is 8.52. The number of rotatable bonds is 8. The topological polar surface area (TPSA) is 62.0 Å². The quantitative estimate of drug-likeness (QED) is 0.637. The molecule has 4 rings (SSSR count). The third-order valence-electron chi connectivity index (χ3n) is 4.29. The van der Waals surface area contributed by atoms with Crippen LogP contribution < -0.4 is 0 Å². The molecule has 4 aliphatic heterocycles. The highest BCUT2D eigenvalue weighted by Gasteiger charge is 2.25. The average Bonchev–Trinajstić information content (AvgIpc) is 3.42. The van der Waals surface area contributed by atoms with Crippen molar-refractivity contribution < 1.29 is 28.4 Å². The van der Waals surface area contributed by atoms with Crippen LogP contribution in [0.2, 0.25) is 0 Å². The van der Waals surface area contributed by atoms with Crippen molar-refractivity contribution >= 4 is 0 Å². The van der Waals surface area contributed by atoms with E-state index in [2.05, 4.69) is 0 Å². The maximum absolute atomic E-state index is 5.32. The second-order valence-corrected chi connectivity index (χ2v) is 6.33. The van der Waals surface area contributed by atoms with Gasteiger partial charge >= 0.3 is 0 Å². The first-order valence-electron chi connectivity index (χ1n) is 8.52. The highest BCUT2D eigenvalue weighted by molar-refractivity contribution is 4.73. The van der Waals surface area contributed by atoms with Gasteiger partial charge in [0.2, 0.25) is 0 Å². The third-order valence-corrected chi connectivity index (χ3v) is 4.29. The van der Waals surface area contributed by atoms with Gasteiger partial charge in [-0.05, 0) is 38.5 Å². The molecule has 0 N–H and O–H groups in total. The fourth-order valence-electron chi connectivity index (χ4n) is 2.69. The zero-order valence-corrected chi connectivity index (χ0v) is 13.2. The van der Waals surface area contributed by atoms with Crippen molar-refractivity contribution in [1.82, 2.24) is 0 Å². The van der Waals surface area contributed by atoms with Gasteiger partial charge in [0.05, 0.1) is 50.8 Å². The van der Waals surface area contributed by atoms with Gasteiger partial charge in [0, 0.05) is 0 Å². The van der Waals surface area contributed by atoms with E-state index in [1.165, 1.54) is 19.3 Å². The van der Waals surface area contributed by atoms with Crippen molar-refractivity contribution in [3.8, 4) is 0 Å². The van der Waals surface area contributed by atoms with E-state index in [-0.39, 0.29) is 7.43 Å². The molecule has 136 valence electrons. The fourth-order valence-corrected chi connectivity index (χ4v) is 2.69. The Bertz CT molecular complexity index is 265. The molecule has 0 aromatic heterocycles. The van der Waals surface area contributed by atoms with Gasteiger partial charge in [-0.1, -0.05) is 7.43 Å². The van der Waals surface area contributed by atoms with Crippen molar-refractivity contribution in [1.29, 1.82) is 0 Å². The lowest BCUT2D eigenvalue weighted by Gasteiger charge is -2.09. The monoisotopic (exact) mass is 332 g/mol. The molecular weight excluding hydrogens is 300 g/mol. The molecular formula is C17H32O6. The SMILES string of the molecule is C.C(CC1CO1)CC1CO1.C(CC1COCO1)CC1COCO1. The van der Waals surface area contributed by atoms with Crippen LogP contribution in [0.4, 0.5) is 0 Å². The van der Waals surface area contributed by atoms with Crippen molar-refractivity contribution in [2.24, 2.45) is 0 Å². The molecule has 6 nitrogen and oxygen atoms in total. The van der Waals surface area contributed by atoms with Crippen LogP contribution >= 0.6 is 0 Å². The van der Waals surface area contributed by atoms with Crippen LogP contribution in [0, 0.1) is 0 Å². The Balaban J connectivity index is 0.000000169. The van der Waals surface area contributed by atoms with Gasteiger partial charge in [0.15, 0.2) is 0 Å². The van der Waals surface area contributed by atoms with E-state index >= 15 is 0 Å². The molecule has 4 atom stereocenters. The standard InChI is InChI=1S/C9H16O4.C7H12O2.CH4/c1(2-8-4-10-6-12-8)3-9-5-11-7-13-9;1(2-6-4-8-6)3-7-5-9-7;/h8-9H,1-7H2;6-7H,1-5H2;1H4. The van der Waals surface area contributed by atoms with E-state index in [4.69, 9.17) is 28.4 Å². The summed E-state index contributed by atoms with van der Waals surface area (Å²) in [6.07, 6.45) is 8.90. The maximum atomic E-state index is 5.32. The fraction of sp³-hybridized carbons (Fsp3) is 1.00. The van der Waals surface area contributed by atoms with E-state index in [9.17, 15) is 0 Å². The van der Waals surface area contributed by atoms with Crippen LogP contribution in [-0.4, -0.2) is 64.4 Å². The summed E-state index contributed by atoms with van der Waals surface area (Å²) in [7, 11) is 0. The molecule has 0 amide bonds. The second kappa shape index (κ2) is 10.6. The van der Waals surface area contributed by atoms with Crippen LogP contribution in [0.3, 0.4) is 0 Å². The summed E-state index contributed by atoms with van der Waals surface area (Å²) in [5, 5.41) is 0. The van der Waals surface area contributed by atoms with Crippen molar-refractivity contribution in [3.05, 3.63) is 0 Å². The molecule has 4 aliphatic rings. The van der Waals surface area contributed by atoms with Crippen LogP contribution in [0.5, 0.6) is 0 Å². The largest absolute Gasteiger partial charge is 0.373 e. The molecule has 4 unspecified atom stereocenters. The molecule has 6 heteroatoms. The van der Waals surface area contributed by atoms with Gasteiger partial charge in [-0.2, -0.15) is 0 Å². The Morgan fingerprint density at radius 3 is 1.13 bits per heavy atom. The third kappa shape index (κ3) is 8.42. The summed E-state index contributed by atoms with van der Waals surface area (Å²) < 4.78 is 31.0. The molecule has 0 radical (unpaired) electrons. The zero-order valence-electron chi connectivity index (χ0n) is 13.2. The lowest BCUT2D eigenvalue weighted by atomic mass is 10.1. The molecule has 4 saturated heterocycles. The molecule has 0 aromatic rings. The highest BCUT2D eigenvalue weighted by atomic mass is 16.7. The Morgan fingerprint density at radius 2 is 0.870 bits per heavy atom. The number of hydrogen-bond acceptors (Lipinski definition) is 6. The Hall–Kier alpha value is -0.240. The highest BCUT2D eigenvalue weighted by Crippen LogP contribution is 2.21. The van der Waals surface area contributed by atoms with Gasteiger partial charge in [-0.15, -0.1) is 0 Å². The van der Waals surface area contributed by atoms with E-state index in [0.717, 1.165) is 45.7 Å². The molecule has 0 saturated carbocycles. The van der Waals surface area contributed by atoms with E-state index in [0.29, 0.717) is 38.0 Å². The Kier molecular flexibility index (Phi) is 8.79. The van der Waals surface area contributed by atoms with Crippen molar-refractivity contribution in [2.75, 3.05) is 40.0 Å². The smallest absolute Gasteiger partial charge is 0.147 e. The number of ether oxygens (including phenoxy) is 6. The summed E-state index contributed by atoms with van der Waals surface area (Å²) in [6, 6.07) is 0. The van der Waals surface area contributed by atoms with Gasteiger partial charge in [-0.3, -0.25) is 0 Å². The summed E-state index contributed by atoms with van der Waals surface area (Å²) in [6.45, 7) is 4.45. The molecule has 4 heterocycles. The molecule has 0 spiro atoms. The molecule has 23 heavy (non-hydrogen) atoms. The van der Waals surface area contributed by atoms with Gasteiger partial charge in [0.25, 0.3) is 0 Å². The van der Waals surface area contributed by atoms with Gasteiger partial charge in [0.1, 0.15) is 13.6 Å². The summed E-state index contributed by atoms with van der Waals surface area (Å²) >= 11 is 0. The summed E-state index contributed by atoms with van der Waals surface area (Å²) in [5.41, 5.74) is 0. The van der Waals surface area contributed by atoms with E-state index in [1.807, 2.05) is 0 Å². The minimum absolute atomic E-state index is 0. The Morgan fingerprint density at radius 1 is 0.522 bits per heavy atom. The first kappa shape index (κ1) is 19.1. The minimum Gasteiger partial charge on any atom is -0.373 e. The summed E-state index contributed by atoms with van der Waals surface area (Å²) in [4.78, 5) is 0. The molecule has 4 fully saturated rings. The lowest BCUT2D eigenvalue weighted by Crippen LogP contribution is -2.13. The number of hydrogen-bond donors (Lipinski definition) is 0. The summed E-state index contributed by atoms with van der Waals surface area (Å²) in [5.74, 6) is 0. The van der Waals surface area contributed by atoms with E-state index < -0.39 is 0 Å². The Labute approximate surface area is 139 Å². The predicted octanol–water partition coefficient (Wildman–Crippen LogP) is 2.49. The maximum Gasteiger partial charge on any atom is 0.147 e. The normalized spacial score (nSPS) is 34.4. The second-order valence-electron chi connectivity index (χ2n) is 6.33. The van der Waals surface area contributed by atoms with Gasteiger partial charge in [-0.25, -0.2) is 0 Å². The minimum atomic E-state index is 0. The molecule has 0 aromatic carbocycles. The van der Waals surface area contributed by atoms with Crippen molar-refractivity contribution in [2.45, 2.75) is 70.4 Å².